The van der Waals surface area contributed by atoms with Crippen LogP contribution >= 0.6 is 11.3 Å². The van der Waals surface area contributed by atoms with Gasteiger partial charge >= 0.3 is 5.97 Å². The normalized spacial score (nSPS) is 11.7. The molecule has 0 aliphatic carbocycles. The molecule has 1 heterocycles. The third kappa shape index (κ3) is 5.16. The van der Waals surface area contributed by atoms with E-state index in [1.807, 2.05) is 0 Å². The van der Waals surface area contributed by atoms with Gasteiger partial charge in [-0.05, 0) is 17.9 Å². The van der Waals surface area contributed by atoms with Crippen LogP contribution in [-0.4, -0.2) is 31.3 Å². The Morgan fingerprint density at radius 1 is 1.56 bits per heavy atom. The van der Waals surface area contributed by atoms with E-state index in [1.54, 1.807) is 18.6 Å². The van der Waals surface area contributed by atoms with Gasteiger partial charge in [0.25, 0.3) is 0 Å². The average Bonchev–Trinajstić information content (AvgIpc) is 2.75. The summed E-state index contributed by atoms with van der Waals surface area (Å²) in [7, 11) is 1.71. The van der Waals surface area contributed by atoms with Crippen molar-refractivity contribution < 1.29 is 14.6 Å². The molecule has 0 amide bonds. The van der Waals surface area contributed by atoms with Crippen molar-refractivity contribution in [2.75, 3.05) is 20.3 Å². The fourth-order valence-corrected chi connectivity index (χ4v) is 2.40. The lowest BCUT2D eigenvalue weighted by Crippen LogP contribution is -2.29. The van der Waals surface area contributed by atoms with Gasteiger partial charge in [0, 0.05) is 37.1 Å². The zero-order chi connectivity index (χ0) is 13.6. The lowest BCUT2D eigenvalue weighted by atomic mass is 9.90. The Hall–Kier alpha value is -0.910. The summed E-state index contributed by atoms with van der Waals surface area (Å²) >= 11 is 1.48. The van der Waals surface area contributed by atoms with Gasteiger partial charge in [-0.1, -0.05) is 13.8 Å². The van der Waals surface area contributed by atoms with Crippen LogP contribution in [0.25, 0.3) is 0 Å². The molecule has 1 aromatic heterocycles. The van der Waals surface area contributed by atoms with Gasteiger partial charge in [-0.15, -0.1) is 11.3 Å². The summed E-state index contributed by atoms with van der Waals surface area (Å²) in [6.45, 7) is 6.74. The molecular weight excluding hydrogens is 250 g/mol. The molecule has 0 saturated carbocycles. The zero-order valence-corrected chi connectivity index (χ0v) is 12.0. The number of carboxylic acid groups (broad SMARTS) is 1. The van der Waals surface area contributed by atoms with Crippen LogP contribution in [0.2, 0.25) is 0 Å². The number of methoxy groups -OCH3 is 1. The van der Waals surface area contributed by atoms with Crippen molar-refractivity contribution in [3.63, 3.8) is 0 Å². The number of carboxylic acids is 1. The molecule has 1 rings (SSSR count). The summed E-state index contributed by atoms with van der Waals surface area (Å²) in [5.41, 5.74) is 0.554. The first-order valence-corrected chi connectivity index (χ1v) is 6.83. The van der Waals surface area contributed by atoms with Crippen LogP contribution in [0.3, 0.4) is 0 Å². The molecule has 0 radical (unpaired) electrons. The van der Waals surface area contributed by atoms with Crippen LogP contribution in [0.1, 0.15) is 35.5 Å². The number of hydrogen-bond donors (Lipinski definition) is 2. The molecule has 4 nitrogen and oxygen atoms in total. The highest BCUT2D eigenvalue weighted by molar-refractivity contribution is 7.10. The van der Waals surface area contributed by atoms with Gasteiger partial charge in [-0.3, -0.25) is 0 Å². The molecule has 0 aliphatic rings. The third-order valence-electron chi connectivity index (χ3n) is 2.79. The second-order valence-corrected chi connectivity index (χ2v) is 6.11. The lowest BCUT2D eigenvalue weighted by Gasteiger charge is -2.24. The Morgan fingerprint density at radius 3 is 2.83 bits per heavy atom. The monoisotopic (exact) mass is 271 g/mol. The summed E-state index contributed by atoms with van der Waals surface area (Å²) in [6.07, 6.45) is 1.00. The van der Waals surface area contributed by atoms with Gasteiger partial charge in [0.1, 0.15) is 0 Å². The zero-order valence-electron chi connectivity index (χ0n) is 11.2. The molecule has 0 saturated heterocycles. The lowest BCUT2D eigenvalue weighted by molar-refractivity contribution is 0.0697. The fraction of sp³-hybridized carbons (Fsp3) is 0.615. The maximum atomic E-state index is 10.7. The van der Waals surface area contributed by atoms with Crippen LogP contribution in [0.5, 0.6) is 0 Å². The summed E-state index contributed by atoms with van der Waals surface area (Å²) in [5, 5.41) is 13.9. The first-order chi connectivity index (χ1) is 8.44. The maximum absolute atomic E-state index is 10.7. The molecule has 0 aliphatic heterocycles. The van der Waals surface area contributed by atoms with Crippen LogP contribution < -0.4 is 5.32 Å². The minimum absolute atomic E-state index is 0.183. The van der Waals surface area contributed by atoms with Crippen molar-refractivity contribution >= 4 is 17.3 Å². The quantitative estimate of drug-likeness (QED) is 0.763. The van der Waals surface area contributed by atoms with E-state index in [-0.39, 0.29) is 5.41 Å². The third-order valence-corrected chi connectivity index (χ3v) is 3.72. The molecule has 0 spiro atoms. The molecule has 18 heavy (non-hydrogen) atoms. The number of nitrogens with one attached hydrogen (secondary N) is 1. The van der Waals surface area contributed by atoms with Crippen molar-refractivity contribution in [3.8, 4) is 0 Å². The summed E-state index contributed by atoms with van der Waals surface area (Å²) in [4.78, 5) is 11.8. The minimum atomic E-state index is -0.863. The van der Waals surface area contributed by atoms with E-state index in [0.29, 0.717) is 12.1 Å². The van der Waals surface area contributed by atoms with Crippen LogP contribution in [0, 0.1) is 5.41 Å². The molecule has 1 aromatic rings. The molecule has 0 fully saturated rings. The number of thiophene rings is 1. The van der Waals surface area contributed by atoms with E-state index in [9.17, 15) is 4.79 Å². The highest BCUT2D eigenvalue weighted by Gasteiger charge is 2.17. The Bertz CT molecular complexity index is 387. The van der Waals surface area contributed by atoms with Crippen LogP contribution in [0.15, 0.2) is 11.4 Å². The predicted octanol–water partition coefficient (Wildman–Crippen LogP) is 2.60. The number of rotatable bonds is 8. The van der Waals surface area contributed by atoms with Crippen molar-refractivity contribution in [3.05, 3.63) is 21.9 Å². The number of hydrogen-bond acceptors (Lipinski definition) is 4. The van der Waals surface area contributed by atoms with Crippen molar-refractivity contribution in [1.29, 1.82) is 0 Å². The van der Waals surface area contributed by atoms with Gasteiger partial charge in [0.05, 0.1) is 5.56 Å². The predicted molar refractivity (Wildman–Crippen MR) is 73.3 cm³/mol. The van der Waals surface area contributed by atoms with Crippen LogP contribution in [0.4, 0.5) is 0 Å². The van der Waals surface area contributed by atoms with Crippen molar-refractivity contribution in [2.24, 2.45) is 5.41 Å². The van der Waals surface area contributed by atoms with Gasteiger partial charge in [-0.2, -0.15) is 0 Å². The molecule has 2 N–H and O–H groups in total. The van der Waals surface area contributed by atoms with Gasteiger partial charge in [-0.25, -0.2) is 4.79 Å². The van der Waals surface area contributed by atoms with Crippen LogP contribution in [-0.2, 0) is 11.3 Å². The molecular formula is C13H21NO3S. The first kappa shape index (κ1) is 15.1. The van der Waals surface area contributed by atoms with Gasteiger partial charge < -0.3 is 15.2 Å². The molecule has 0 atom stereocenters. The fourth-order valence-electron chi connectivity index (χ4n) is 1.58. The largest absolute Gasteiger partial charge is 0.478 e. The second-order valence-electron chi connectivity index (χ2n) is 5.12. The molecule has 5 heteroatoms. The summed E-state index contributed by atoms with van der Waals surface area (Å²) in [5.74, 6) is -0.863. The summed E-state index contributed by atoms with van der Waals surface area (Å²) in [6, 6.07) is 1.72. The van der Waals surface area contributed by atoms with E-state index in [2.05, 4.69) is 19.2 Å². The first-order valence-electron chi connectivity index (χ1n) is 5.95. The maximum Gasteiger partial charge on any atom is 0.336 e. The number of carbonyl (C=O) groups is 1. The second kappa shape index (κ2) is 6.87. The Labute approximate surface area is 112 Å². The van der Waals surface area contributed by atoms with E-state index in [1.165, 1.54) is 11.3 Å². The SMILES string of the molecule is COCCC(C)(C)CNCc1cc(C(=O)O)cs1. The average molecular weight is 271 g/mol. The van der Waals surface area contributed by atoms with Crippen molar-refractivity contribution in [1.82, 2.24) is 5.32 Å². The highest BCUT2D eigenvalue weighted by atomic mass is 32.1. The Morgan fingerprint density at radius 2 is 2.28 bits per heavy atom. The number of aromatic carboxylic acids is 1. The summed E-state index contributed by atoms with van der Waals surface area (Å²) < 4.78 is 5.08. The molecule has 102 valence electrons. The minimum Gasteiger partial charge on any atom is -0.478 e. The highest BCUT2D eigenvalue weighted by Crippen LogP contribution is 2.20. The molecule has 0 unspecified atom stereocenters. The molecule has 0 bridgehead atoms. The van der Waals surface area contributed by atoms with E-state index in [4.69, 9.17) is 9.84 Å². The van der Waals surface area contributed by atoms with E-state index >= 15 is 0 Å². The smallest absolute Gasteiger partial charge is 0.336 e. The van der Waals surface area contributed by atoms with E-state index in [0.717, 1.165) is 24.4 Å². The molecule has 0 aromatic carbocycles. The number of ether oxygens (including phenoxy) is 1. The van der Waals surface area contributed by atoms with Gasteiger partial charge in [0.2, 0.25) is 0 Å². The Balaban J connectivity index is 2.34. The van der Waals surface area contributed by atoms with Crippen molar-refractivity contribution in [2.45, 2.75) is 26.8 Å². The standard InChI is InChI=1S/C13H21NO3S/c1-13(2,4-5-17-3)9-14-7-11-6-10(8-18-11)12(15)16/h6,8,14H,4-5,7,9H2,1-3H3,(H,15,16). The Kier molecular flexibility index (Phi) is 5.78. The van der Waals surface area contributed by atoms with E-state index < -0.39 is 5.97 Å². The van der Waals surface area contributed by atoms with Gasteiger partial charge in [0.15, 0.2) is 0 Å². The topological polar surface area (TPSA) is 58.6 Å².